The number of aromatic amines is 1. The van der Waals surface area contributed by atoms with E-state index in [2.05, 4.69) is 25.5 Å². The van der Waals surface area contributed by atoms with Crippen LogP contribution in [0.3, 0.4) is 0 Å². The van der Waals surface area contributed by atoms with Crippen LogP contribution in [0.15, 0.2) is 52.1 Å². The number of fused-ring (bicyclic) bond motifs is 1. The van der Waals surface area contributed by atoms with Crippen LogP contribution < -0.4 is 5.32 Å². The normalized spacial score (nSPS) is 11.1. The third-order valence-corrected chi connectivity index (χ3v) is 5.10. The van der Waals surface area contributed by atoms with Crippen LogP contribution in [-0.4, -0.2) is 31.8 Å². The predicted octanol–water partition coefficient (Wildman–Crippen LogP) is 3.42. The summed E-state index contributed by atoms with van der Waals surface area (Å²) >= 11 is 1.09. The van der Waals surface area contributed by atoms with E-state index in [1.54, 1.807) is 0 Å². The molecule has 2 heterocycles. The second kappa shape index (κ2) is 9.04. The number of aromatic nitrogens is 4. The van der Waals surface area contributed by atoms with Gasteiger partial charge in [-0.25, -0.2) is 13.8 Å². The number of benzene rings is 2. The number of nitrogens with one attached hydrogen (secondary N) is 2. The summed E-state index contributed by atoms with van der Waals surface area (Å²) in [5, 5.41) is 10.7. The molecule has 0 aliphatic carbocycles. The van der Waals surface area contributed by atoms with Gasteiger partial charge in [0.2, 0.25) is 11.8 Å². The van der Waals surface area contributed by atoms with Crippen LogP contribution in [0.25, 0.3) is 11.0 Å². The number of H-pyrrole nitrogens is 1. The number of thioether (sulfide) groups is 1. The smallest absolute Gasteiger partial charge is 0.277 e. The summed E-state index contributed by atoms with van der Waals surface area (Å²) in [6.45, 7) is -0.0297. The molecule has 0 fully saturated rings. The fourth-order valence-corrected chi connectivity index (χ4v) is 3.39. The van der Waals surface area contributed by atoms with Crippen molar-refractivity contribution in [2.75, 3.05) is 5.75 Å². The summed E-state index contributed by atoms with van der Waals surface area (Å²) < 4.78 is 32.0. The van der Waals surface area contributed by atoms with Gasteiger partial charge >= 0.3 is 0 Å². The number of hydrogen-bond acceptors (Lipinski definition) is 6. The molecule has 0 aliphatic heterocycles. The number of nitrogens with zero attached hydrogens (tertiary/aromatic N) is 3. The van der Waals surface area contributed by atoms with Crippen LogP contribution in [0, 0.1) is 11.6 Å². The Labute approximate surface area is 174 Å². The molecule has 0 atom stereocenters. The molecular formula is C20H17F2N5O2S. The van der Waals surface area contributed by atoms with E-state index in [-0.39, 0.29) is 29.0 Å². The summed E-state index contributed by atoms with van der Waals surface area (Å²) in [5.41, 5.74) is 2.09. The number of imidazole rings is 1. The third-order valence-electron chi connectivity index (χ3n) is 4.28. The Kier molecular flexibility index (Phi) is 6.03. The van der Waals surface area contributed by atoms with Crippen molar-refractivity contribution in [3.63, 3.8) is 0 Å². The van der Waals surface area contributed by atoms with Crippen molar-refractivity contribution < 1.29 is 18.0 Å². The number of hydrogen-bond donors (Lipinski definition) is 2. The van der Waals surface area contributed by atoms with Crippen molar-refractivity contribution in [2.45, 2.75) is 24.6 Å². The molecular weight excluding hydrogens is 412 g/mol. The molecule has 0 radical (unpaired) electrons. The first-order chi connectivity index (χ1) is 14.6. The molecule has 30 heavy (non-hydrogen) atoms. The first kappa shape index (κ1) is 20.0. The van der Waals surface area contributed by atoms with E-state index in [1.807, 2.05) is 24.3 Å². The zero-order chi connectivity index (χ0) is 20.9. The standard InChI is InChI=1S/C20H17F2N5O2S/c21-13-6-5-12(14(22)9-13)10-23-18(28)11-30-20-27-26-19(29-20)8-7-17-24-15-3-1-2-4-16(15)25-17/h1-6,9H,7-8,10-11H2,(H,23,28)(H,24,25). The number of rotatable bonds is 8. The molecule has 2 aromatic carbocycles. The number of amides is 1. The zero-order valence-electron chi connectivity index (χ0n) is 15.7. The predicted molar refractivity (Wildman–Crippen MR) is 107 cm³/mol. The summed E-state index contributed by atoms with van der Waals surface area (Å²) in [7, 11) is 0. The Balaban J connectivity index is 1.23. The van der Waals surface area contributed by atoms with E-state index >= 15 is 0 Å². The van der Waals surface area contributed by atoms with Crippen LogP contribution in [0.4, 0.5) is 8.78 Å². The quantitative estimate of drug-likeness (QED) is 0.417. The van der Waals surface area contributed by atoms with E-state index in [9.17, 15) is 13.6 Å². The average molecular weight is 429 g/mol. The summed E-state index contributed by atoms with van der Waals surface area (Å²) in [6, 6.07) is 11.0. The van der Waals surface area contributed by atoms with Gasteiger partial charge in [0.05, 0.1) is 16.8 Å². The Morgan fingerprint density at radius 3 is 2.83 bits per heavy atom. The number of aryl methyl sites for hydroxylation is 2. The minimum atomic E-state index is -0.700. The van der Waals surface area contributed by atoms with Crippen molar-refractivity contribution in [3.05, 3.63) is 71.4 Å². The maximum absolute atomic E-state index is 13.6. The topological polar surface area (TPSA) is 96.7 Å². The van der Waals surface area contributed by atoms with Gasteiger partial charge in [0.1, 0.15) is 17.5 Å². The summed E-state index contributed by atoms with van der Waals surface area (Å²) in [4.78, 5) is 19.7. The fourth-order valence-electron chi connectivity index (χ4n) is 2.78. The molecule has 0 unspecified atom stereocenters. The molecule has 154 valence electrons. The highest BCUT2D eigenvalue weighted by atomic mass is 32.2. The average Bonchev–Trinajstić information content (AvgIpc) is 3.36. The Hall–Kier alpha value is -3.27. The summed E-state index contributed by atoms with van der Waals surface area (Å²) in [5.74, 6) is -0.373. The van der Waals surface area contributed by atoms with E-state index in [1.165, 1.54) is 6.07 Å². The minimum Gasteiger partial charge on any atom is -0.416 e. The van der Waals surface area contributed by atoms with Gasteiger partial charge in [-0.3, -0.25) is 4.79 Å². The van der Waals surface area contributed by atoms with Gasteiger partial charge < -0.3 is 14.7 Å². The van der Waals surface area contributed by atoms with Gasteiger partial charge in [-0.1, -0.05) is 30.0 Å². The van der Waals surface area contributed by atoms with Crippen LogP contribution in [0.1, 0.15) is 17.3 Å². The van der Waals surface area contributed by atoms with Gasteiger partial charge in [-0.05, 0) is 18.2 Å². The minimum absolute atomic E-state index is 0.0297. The lowest BCUT2D eigenvalue weighted by Gasteiger charge is -2.05. The van der Waals surface area contributed by atoms with Gasteiger partial charge in [-0.15, -0.1) is 10.2 Å². The molecule has 2 aromatic heterocycles. The van der Waals surface area contributed by atoms with Crippen molar-refractivity contribution in [1.29, 1.82) is 0 Å². The number of halogens is 2. The highest BCUT2D eigenvalue weighted by Gasteiger charge is 2.12. The van der Waals surface area contributed by atoms with Gasteiger partial charge in [0.15, 0.2) is 0 Å². The monoisotopic (exact) mass is 429 g/mol. The Morgan fingerprint density at radius 1 is 1.13 bits per heavy atom. The lowest BCUT2D eigenvalue weighted by Crippen LogP contribution is -2.25. The molecule has 0 saturated heterocycles. The molecule has 2 N–H and O–H groups in total. The van der Waals surface area contributed by atoms with Gasteiger partial charge in [-0.2, -0.15) is 0 Å². The lowest BCUT2D eigenvalue weighted by atomic mass is 10.2. The fraction of sp³-hybridized carbons (Fsp3) is 0.200. The zero-order valence-corrected chi connectivity index (χ0v) is 16.5. The molecule has 0 bridgehead atoms. The van der Waals surface area contributed by atoms with E-state index in [0.29, 0.717) is 18.7 Å². The molecule has 0 aliphatic rings. The lowest BCUT2D eigenvalue weighted by molar-refractivity contribution is -0.118. The van der Waals surface area contributed by atoms with Gasteiger partial charge in [0, 0.05) is 31.0 Å². The van der Waals surface area contributed by atoms with Crippen LogP contribution in [0.5, 0.6) is 0 Å². The molecule has 4 rings (SSSR count). The van der Waals surface area contributed by atoms with Crippen LogP contribution in [0.2, 0.25) is 0 Å². The van der Waals surface area contributed by atoms with Crippen LogP contribution >= 0.6 is 11.8 Å². The second-order valence-corrected chi connectivity index (χ2v) is 7.39. The molecule has 0 saturated carbocycles. The first-order valence-electron chi connectivity index (χ1n) is 9.16. The number of carbonyl (C=O) groups excluding carboxylic acids is 1. The molecule has 0 spiro atoms. The molecule has 10 heteroatoms. The number of carbonyl (C=O) groups is 1. The van der Waals surface area contributed by atoms with Crippen LogP contribution in [-0.2, 0) is 24.2 Å². The Bertz CT molecular complexity index is 1140. The van der Waals surface area contributed by atoms with Crippen molar-refractivity contribution in [1.82, 2.24) is 25.5 Å². The van der Waals surface area contributed by atoms with E-state index < -0.39 is 11.6 Å². The Morgan fingerprint density at radius 2 is 2.00 bits per heavy atom. The largest absolute Gasteiger partial charge is 0.416 e. The van der Waals surface area contributed by atoms with Crippen molar-refractivity contribution in [2.24, 2.45) is 0 Å². The summed E-state index contributed by atoms with van der Waals surface area (Å²) in [6.07, 6.45) is 1.13. The highest BCUT2D eigenvalue weighted by molar-refractivity contribution is 7.99. The SMILES string of the molecule is O=C(CSc1nnc(CCc2nc3ccccc3[nH]2)o1)NCc1ccc(F)cc1F. The highest BCUT2D eigenvalue weighted by Crippen LogP contribution is 2.17. The second-order valence-electron chi connectivity index (χ2n) is 6.46. The maximum atomic E-state index is 13.6. The third kappa shape index (κ3) is 5.01. The number of para-hydroxylation sites is 2. The maximum Gasteiger partial charge on any atom is 0.277 e. The first-order valence-corrected chi connectivity index (χ1v) is 10.1. The molecule has 1 amide bonds. The molecule has 7 nitrogen and oxygen atoms in total. The van der Waals surface area contributed by atoms with Gasteiger partial charge in [0.25, 0.3) is 5.22 Å². The molecule has 4 aromatic rings. The van der Waals surface area contributed by atoms with E-state index in [0.717, 1.165) is 40.8 Å². The van der Waals surface area contributed by atoms with Crippen molar-refractivity contribution in [3.8, 4) is 0 Å². The van der Waals surface area contributed by atoms with Crippen molar-refractivity contribution >= 4 is 28.7 Å². The van der Waals surface area contributed by atoms with E-state index in [4.69, 9.17) is 4.42 Å².